The third kappa shape index (κ3) is 3.36. The van der Waals surface area contributed by atoms with Crippen LogP contribution in [-0.4, -0.2) is 49.3 Å². The first-order valence-corrected chi connectivity index (χ1v) is 6.95. The Kier molecular flexibility index (Phi) is 4.74. The summed E-state index contributed by atoms with van der Waals surface area (Å²) in [6, 6.07) is 7.63. The number of ketones is 1. The van der Waals surface area contributed by atoms with Crippen LogP contribution in [0, 0.1) is 0 Å². The van der Waals surface area contributed by atoms with E-state index in [1.54, 1.807) is 6.92 Å². The van der Waals surface area contributed by atoms with E-state index >= 15 is 0 Å². The number of carbonyl (C=O) groups excluding carboxylic acids is 2. The first kappa shape index (κ1) is 14.5. The number of Topliss-reactive ketones (excluding diaryl/α,β-unsaturated/α-hetero) is 1. The van der Waals surface area contributed by atoms with Gasteiger partial charge in [0.15, 0.2) is 5.78 Å². The van der Waals surface area contributed by atoms with E-state index in [2.05, 4.69) is 4.90 Å². The highest BCUT2D eigenvalue weighted by Gasteiger charge is 2.20. The maximum absolute atomic E-state index is 11.8. The van der Waals surface area contributed by atoms with Crippen LogP contribution in [0.3, 0.4) is 0 Å². The van der Waals surface area contributed by atoms with Gasteiger partial charge in [-0.1, -0.05) is 0 Å². The molecule has 1 heterocycles. The van der Waals surface area contributed by atoms with Crippen LogP contribution in [-0.2, 0) is 4.79 Å². The van der Waals surface area contributed by atoms with Crippen LogP contribution in [0.25, 0.3) is 0 Å². The Morgan fingerprint density at radius 2 is 1.70 bits per heavy atom. The SMILES string of the molecule is CC(=O)c1ccc(N2CCN(C(=O)CCN)CC2)cc1. The summed E-state index contributed by atoms with van der Waals surface area (Å²) in [6.45, 7) is 5.06. The molecule has 1 aliphatic heterocycles. The number of benzene rings is 1. The number of nitrogens with two attached hydrogens (primary N) is 1. The number of hydrogen-bond acceptors (Lipinski definition) is 4. The Labute approximate surface area is 119 Å². The van der Waals surface area contributed by atoms with Crippen LogP contribution in [0.5, 0.6) is 0 Å². The van der Waals surface area contributed by atoms with Crippen LogP contribution in [0.15, 0.2) is 24.3 Å². The molecular weight excluding hydrogens is 254 g/mol. The number of carbonyl (C=O) groups is 2. The molecule has 0 spiro atoms. The smallest absolute Gasteiger partial charge is 0.223 e. The Morgan fingerprint density at radius 1 is 1.10 bits per heavy atom. The van der Waals surface area contributed by atoms with Gasteiger partial charge < -0.3 is 15.5 Å². The van der Waals surface area contributed by atoms with Crippen molar-refractivity contribution in [1.29, 1.82) is 0 Å². The Balaban J connectivity index is 1.93. The van der Waals surface area contributed by atoms with E-state index in [0.29, 0.717) is 13.0 Å². The van der Waals surface area contributed by atoms with Gasteiger partial charge in [-0.15, -0.1) is 0 Å². The topological polar surface area (TPSA) is 66.6 Å². The van der Waals surface area contributed by atoms with Crippen LogP contribution in [0.4, 0.5) is 5.69 Å². The second-order valence-electron chi connectivity index (χ2n) is 5.01. The Bertz CT molecular complexity index is 476. The number of rotatable bonds is 4. The van der Waals surface area contributed by atoms with E-state index in [1.165, 1.54) is 0 Å². The maximum Gasteiger partial charge on any atom is 0.223 e. The first-order chi connectivity index (χ1) is 9.61. The van der Waals surface area contributed by atoms with Crippen LogP contribution in [0.1, 0.15) is 23.7 Å². The summed E-state index contributed by atoms with van der Waals surface area (Å²) in [5, 5.41) is 0. The highest BCUT2D eigenvalue weighted by Crippen LogP contribution is 2.17. The van der Waals surface area contributed by atoms with Crippen LogP contribution >= 0.6 is 0 Å². The van der Waals surface area contributed by atoms with Crippen molar-refractivity contribution in [2.75, 3.05) is 37.6 Å². The lowest BCUT2D eigenvalue weighted by Crippen LogP contribution is -2.49. The fourth-order valence-electron chi connectivity index (χ4n) is 2.40. The summed E-state index contributed by atoms with van der Waals surface area (Å²) >= 11 is 0. The molecule has 5 heteroatoms. The van der Waals surface area contributed by atoms with Gasteiger partial charge in [0.05, 0.1) is 0 Å². The molecule has 0 radical (unpaired) electrons. The zero-order valence-corrected chi connectivity index (χ0v) is 11.8. The van der Waals surface area contributed by atoms with Gasteiger partial charge in [-0.3, -0.25) is 9.59 Å². The van der Waals surface area contributed by atoms with E-state index in [1.807, 2.05) is 29.2 Å². The molecule has 1 aromatic carbocycles. The summed E-state index contributed by atoms with van der Waals surface area (Å²) in [6.07, 6.45) is 0.424. The third-order valence-electron chi connectivity index (χ3n) is 3.63. The minimum atomic E-state index is 0.0775. The van der Waals surface area contributed by atoms with Crippen molar-refractivity contribution in [3.8, 4) is 0 Å². The molecule has 0 atom stereocenters. The molecule has 20 heavy (non-hydrogen) atoms. The standard InChI is InChI=1S/C15H21N3O2/c1-12(19)13-2-4-14(5-3-13)17-8-10-18(11-9-17)15(20)6-7-16/h2-5H,6-11,16H2,1H3. The van der Waals surface area contributed by atoms with Crippen molar-refractivity contribution in [1.82, 2.24) is 4.90 Å². The highest BCUT2D eigenvalue weighted by atomic mass is 16.2. The molecule has 0 bridgehead atoms. The lowest BCUT2D eigenvalue weighted by Gasteiger charge is -2.36. The van der Waals surface area contributed by atoms with Crippen molar-refractivity contribution in [2.24, 2.45) is 5.73 Å². The average molecular weight is 275 g/mol. The van der Waals surface area contributed by atoms with Crippen molar-refractivity contribution in [3.63, 3.8) is 0 Å². The lowest BCUT2D eigenvalue weighted by molar-refractivity contribution is -0.131. The summed E-state index contributed by atoms with van der Waals surface area (Å²) in [7, 11) is 0. The molecule has 0 aliphatic carbocycles. The second-order valence-corrected chi connectivity index (χ2v) is 5.01. The number of piperazine rings is 1. The molecule has 1 saturated heterocycles. The zero-order valence-electron chi connectivity index (χ0n) is 11.8. The summed E-state index contributed by atoms with van der Waals surface area (Å²) in [5.41, 5.74) is 7.23. The predicted molar refractivity (Wildman–Crippen MR) is 78.9 cm³/mol. The van der Waals surface area contributed by atoms with Gasteiger partial charge in [-0.25, -0.2) is 0 Å². The molecule has 0 aromatic heterocycles. The monoisotopic (exact) mass is 275 g/mol. The molecule has 1 fully saturated rings. The molecular formula is C15H21N3O2. The highest BCUT2D eigenvalue weighted by molar-refractivity contribution is 5.94. The predicted octanol–water partition coefficient (Wildman–Crippen LogP) is 0.887. The maximum atomic E-state index is 11.8. The number of hydrogen-bond donors (Lipinski definition) is 1. The van der Waals surface area contributed by atoms with E-state index in [-0.39, 0.29) is 11.7 Å². The normalized spacial score (nSPS) is 15.3. The molecule has 1 amide bonds. The average Bonchev–Trinajstić information content (AvgIpc) is 2.48. The molecule has 1 aromatic rings. The fraction of sp³-hybridized carbons (Fsp3) is 0.467. The third-order valence-corrected chi connectivity index (χ3v) is 3.63. The van der Waals surface area contributed by atoms with Crippen LogP contribution in [0.2, 0.25) is 0 Å². The summed E-state index contributed by atoms with van der Waals surface area (Å²) in [5.74, 6) is 0.216. The van der Waals surface area contributed by atoms with Gasteiger partial charge in [0.2, 0.25) is 5.91 Å². The number of amides is 1. The van der Waals surface area contributed by atoms with Crippen LogP contribution < -0.4 is 10.6 Å². The van der Waals surface area contributed by atoms with E-state index < -0.39 is 0 Å². The van der Waals surface area contributed by atoms with Crippen molar-refractivity contribution in [2.45, 2.75) is 13.3 Å². The largest absolute Gasteiger partial charge is 0.368 e. The fourth-order valence-corrected chi connectivity index (χ4v) is 2.40. The van der Waals surface area contributed by atoms with Gasteiger partial charge in [0.1, 0.15) is 0 Å². The Morgan fingerprint density at radius 3 is 2.20 bits per heavy atom. The minimum Gasteiger partial charge on any atom is -0.368 e. The number of nitrogens with zero attached hydrogens (tertiary/aromatic N) is 2. The quantitative estimate of drug-likeness (QED) is 0.829. The molecule has 1 aliphatic rings. The molecule has 2 rings (SSSR count). The molecule has 5 nitrogen and oxygen atoms in total. The molecule has 0 unspecified atom stereocenters. The van der Waals surface area contributed by atoms with E-state index in [9.17, 15) is 9.59 Å². The van der Waals surface area contributed by atoms with Gasteiger partial charge in [-0.05, 0) is 31.2 Å². The molecule has 2 N–H and O–H groups in total. The van der Waals surface area contributed by atoms with Crippen molar-refractivity contribution < 1.29 is 9.59 Å². The lowest BCUT2D eigenvalue weighted by atomic mass is 10.1. The van der Waals surface area contributed by atoms with E-state index in [0.717, 1.165) is 37.4 Å². The van der Waals surface area contributed by atoms with Gasteiger partial charge in [0.25, 0.3) is 0 Å². The molecule has 0 saturated carbocycles. The Hall–Kier alpha value is -1.88. The van der Waals surface area contributed by atoms with Gasteiger partial charge in [-0.2, -0.15) is 0 Å². The number of anilines is 1. The molecule has 108 valence electrons. The first-order valence-electron chi connectivity index (χ1n) is 6.95. The second kappa shape index (κ2) is 6.52. The van der Waals surface area contributed by atoms with Crippen molar-refractivity contribution in [3.05, 3.63) is 29.8 Å². The van der Waals surface area contributed by atoms with Crippen molar-refractivity contribution >= 4 is 17.4 Å². The minimum absolute atomic E-state index is 0.0775. The zero-order chi connectivity index (χ0) is 14.5. The summed E-state index contributed by atoms with van der Waals surface area (Å²) < 4.78 is 0. The van der Waals surface area contributed by atoms with E-state index in [4.69, 9.17) is 5.73 Å². The van der Waals surface area contributed by atoms with Gasteiger partial charge >= 0.3 is 0 Å². The summed E-state index contributed by atoms with van der Waals surface area (Å²) in [4.78, 5) is 27.1. The van der Waals surface area contributed by atoms with Gasteiger partial charge in [0, 0.05) is 50.4 Å².